The molecule has 0 fully saturated rings. The molecule has 6 nitrogen and oxygen atoms in total. The van der Waals surface area contributed by atoms with Crippen LogP contribution in [-0.2, 0) is 12.8 Å². The van der Waals surface area contributed by atoms with Crippen molar-refractivity contribution in [2.24, 2.45) is 0 Å². The predicted molar refractivity (Wildman–Crippen MR) is 122 cm³/mol. The first-order chi connectivity index (χ1) is 15.0. The molecule has 1 aliphatic rings. The molecule has 154 valence electrons. The minimum Gasteiger partial charge on any atom is -0.397 e. The Kier molecular flexibility index (Phi) is 4.75. The van der Waals surface area contributed by atoms with Crippen molar-refractivity contribution in [2.45, 2.75) is 25.2 Å². The number of fused-ring (bicyclic) bond motifs is 2. The second-order valence-electron chi connectivity index (χ2n) is 7.78. The van der Waals surface area contributed by atoms with E-state index in [1.807, 2.05) is 6.07 Å². The van der Waals surface area contributed by atoms with E-state index in [0.717, 1.165) is 35.2 Å². The second-order valence-corrected chi connectivity index (χ2v) is 8.77. The highest BCUT2D eigenvalue weighted by molar-refractivity contribution is 7.21. The number of thiophene rings is 1. The van der Waals surface area contributed by atoms with Crippen molar-refractivity contribution in [2.75, 3.05) is 5.73 Å². The van der Waals surface area contributed by atoms with Crippen molar-refractivity contribution in [3.63, 3.8) is 0 Å². The van der Waals surface area contributed by atoms with Gasteiger partial charge in [-0.1, -0.05) is 30.3 Å². The number of hydrogen-bond donors (Lipinski definition) is 1. The van der Waals surface area contributed by atoms with Gasteiger partial charge in [0.05, 0.1) is 10.6 Å². The monoisotopic (exact) mass is 429 g/mol. The normalized spacial score (nSPS) is 15.5. The molecule has 1 aliphatic carbocycles. The highest BCUT2D eigenvalue weighted by Gasteiger charge is 2.25. The molecular formula is C24H19N3O3S. The number of anilines is 1. The van der Waals surface area contributed by atoms with E-state index in [1.54, 1.807) is 0 Å². The first kappa shape index (κ1) is 19.4. The van der Waals surface area contributed by atoms with E-state index in [2.05, 4.69) is 30.3 Å². The van der Waals surface area contributed by atoms with Gasteiger partial charge in [-0.2, -0.15) is 0 Å². The van der Waals surface area contributed by atoms with Gasteiger partial charge in [0.1, 0.15) is 9.71 Å². The van der Waals surface area contributed by atoms with Crippen molar-refractivity contribution in [1.29, 1.82) is 0 Å². The number of aryl methyl sites for hydroxylation is 1. The summed E-state index contributed by atoms with van der Waals surface area (Å²) in [6.45, 7) is 0. The van der Waals surface area contributed by atoms with Gasteiger partial charge in [0.15, 0.2) is 0 Å². The number of rotatable bonds is 4. The fourth-order valence-corrected chi connectivity index (χ4v) is 5.29. The lowest BCUT2D eigenvalue weighted by Crippen LogP contribution is -2.14. The predicted octanol–water partition coefficient (Wildman–Crippen LogP) is 5.29. The van der Waals surface area contributed by atoms with Crippen molar-refractivity contribution in [3.05, 3.63) is 98.0 Å². The standard InChI is InChI=1S/C24H19N3O3S/c25-21-19-13-17-12-16(14-4-2-1-3-5-14)8-11-20(17)26-24(19)31-23(21)22(28)15-6-9-18(10-7-15)27(29)30/h1-7,9-10,13,16H,8,11-12,25H2/t16-/m1/s1. The molecule has 2 heterocycles. The smallest absolute Gasteiger partial charge is 0.269 e. The Bertz CT molecular complexity index is 1310. The van der Waals surface area contributed by atoms with E-state index in [-0.39, 0.29) is 11.5 Å². The molecule has 0 aliphatic heterocycles. The van der Waals surface area contributed by atoms with Crippen LogP contribution in [0.3, 0.4) is 0 Å². The molecule has 0 unspecified atom stereocenters. The van der Waals surface area contributed by atoms with Crippen LogP contribution < -0.4 is 5.73 Å². The average molecular weight is 430 g/mol. The van der Waals surface area contributed by atoms with Gasteiger partial charge in [0.25, 0.3) is 5.69 Å². The van der Waals surface area contributed by atoms with E-state index < -0.39 is 4.92 Å². The summed E-state index contributed by atoms with van der Waals surface area (Å²) in [6.07, 6.45) is 2.85. The molecule has 0 saturated heterocycles. The molecule has 1 atom stereocenters. The Morgan fingerprint density at radius 1 is 1.13 bits per heavy atom. The molecule has 5 rings (SSSR count). The molecule has 2 aromatic heterocycles. The van der Waals surface area contributed by atoms with Crippen LogP contribution in [0.25, 0.3) is 10.2 Å². The molecule has 2 N–H and O–H groups in total. The molecule has 4 aromatic rings. The van der Waals surface area contributed by atoms with Crippen LogP contribution in [0.1, 0.15) is 44.4 Å². The largest absolute Gasteiger partial charge is 0.397 e. The van der Waals surface area contributed by atoms with Gasteiger partial charge >= 0.3 is 0 Å². The fourth-order valence-electron chi connectivity index (χ4n) is 4.23. The molecule has 0 spiro atoms. The minimum absolute atomic E-state index is 0.0526. The summed E-state index contributed by atoms with van der Waals surface area (Å²) in [7, 11) is 0. The van der Waals surface area contributed by atoms with Gasteiger partial charge in [-0.15, -0.1) is 11.3 Å². The summed E-state index contributed by atoms with van der Waals surface area (Å²) in [4.78, 5) is 29.4. The van der Waals surface area contributed by atoms with Gasteiger partial charge in [-0.25, -0.2) is 4.98 Å². The van der Waals surface area contributed by atoms with Gasteiger partial charge in [-0.3, -0.25) is 14.9 Å². The molecule has 0 amide bonds. The van der Waals surface area contributed by atoms with E-state index >= 15 is 0 Å². The van der Waals surface area contributed by atoms with Gasteiger partial charge in [0.2, 0.25) is 5.78 Å². The molecular weight excluding hydrogens is 410 g/mol. The fraction of sp³-hybridized carbons (Fsp3) is 0.167. The zero-order valence-corrected chi connectivity index (χ0v) is 17.4. The lowest BCUT2D eigenvalue weighted by molar-refractivity contribution is -0.384. The Balaban J connectivity index is 1.49. The summed E-state index contributed by atoms with van der Waals surface area (Å²) in [5, 5.41) is 11.7. The summed E-state index contributed by atoms with van der Waals surface area (Å²) >= 11 is 1.29. The summed E-state index contributed by atoms with van der Waals surface area (Å²) < 4.78 is 0. The van der Waals surface area contributed by atoms with Crippen LogP contribution in [0.15, 0.2) is 60.7 Å². The first-order valence-corrected chi connectivity index (χ1v) is 10.9. The van der Waals surface area contributed by atoms with Crippen LogP contribution in [0.2, 0.25) is 0 Å². The lowest BCUT2D eigenvalue weighted by atomic mass is 9.82. The van der Waals surface area contributed by atoms with Crippen LogP contribution >= 0.6 is 11.3 Å². The SMILES string of the molecule is Nc1c(C(=O)c2ccc([N+](=O)[O-])cc2)sc2nc3c(cc12)C[C@H](c1ccccc1)CC3. The third-order valence-electron chi connectivity index (χ3n) is 5.90. The number of aromatic nitrogens is 1. The van der Waals surface area contributed by atoms with Crippen LogP contribution in [-0.4, -0.2) is 15.7 Å². The maximum atomic E-state index is 13.0. The number of carbonyl (C=O) groups is 1. The number of nitro groups is 1. The molecule has 31 heavy (non-hydrogen) atoms. The second kappa shape index (κ2) is 7.59. The van der Waals surface area contributed by atoms with Crippen molar-refractivity contribution < 1.29 is 9.72 Å². The van der Waals surface area contributed by atoms with E-state index in [0.29, 0.717) is 22.0 Å². The number of nitro benzene ring substituents is 1. The maximum absolute atomic E-state index is 13.0. The van der Waals surface area contributed by atoms with Gasteiger partial charge in [-0.05, 0) is 54.5 Å². The number of nitrogens with zero attached hydrogens (tertiary/aromatic N) is 2. The summed E-state index contributed by atoms with van der Waals surface area (Å²) in [5.41, 5.74) is 10.7. The van der Waals surface area contributed by atoms with Crippen LogP contribution in [0.5, 0.6) is 0 Å². The van der Waals surface area contributed by atoms with Gasteiger partial charge in [0, 0.05) is 28.8 Å². The Labute approximate surface area is 182 Å². The number of nitrogens with two attached hydrogens (primary N) is 1. The van der Waals surface area contributed by atoms with E-state index in [9.17, 15) is 14.9 Å². The number of carbonyl (C=O) groups excluding carboxylic acids is 1. The number of benzene rings is 2. The topological polar surface area (TPSA) is 99.1 Å². The highest BCUT2D eigenvalue weighted by Crippen LogP contribution is 2.39. The lowest BCUT2D eigenvalue weighted by Gasteiger charge is -2.24. The number of hydrogen-bond acceptors (Lipinski definition) is 6. The van der Waals surface area contributed by atoms with Crippen LogP contribution in [0.4, 0.5) is 11.4 Å². The molecule has 0 radical (unpaired) electrons. The van der Waals surface area contributed by atoms with E-state index in [4.69, 9.17) is 10.7 Å². The van der Waals surface area contributed by atoms with Gasteiger partial charge < -0.3 is 5.73 Å². The zero-order chi connectivity index (χ0) is 21.5. The average Bonchev–Trinajstić information content (AvgIpc) is 3.12. The molecule has 2 aromatic carbocycles. The summed E-state index contributed by atoms with van der Waals surface area (Å²) in [6, 6.07) is 18.2. The Morgan fingerprint density at radius 3 is 2.58 bits per heavy atom. The number of ketones is 1. The highest BCUT2D eigenvalue weighted by atomic mass is 32.1. The zero-order valence-electron chi connectivity index (χ0n) is 16.6. The quantitative estimate of drug-likeness (QED) is 0.270. The molecule has 0 bridgehead atoms. The van der Waals surface area contributed by atoms with Crippen molar-refractivity contribution >= 4 is 38.7 Å². The minimum atomic E-state index is -0.487. The third-order valence-corrected chi connectivity index (χ3v) is 7.02. The Hall–Kier alpha value is -3.58. The molecule has 0 saturated carbocycles. The molecule has 7 heteroatoms. The number of non-ortho nitro benzene ring substituents is 1. The number of nitrogen functional groups attached to an aromatic ring is 1. The number of pyridine rings is 1. The Morgan fingerprint density at radius 2 is 1.87 bits per heavy atom. The first-order valence-electron chi connectivity index (χ1n) is 10.1. The van der Waals surface area contributed by atoms with Crippen molar-refractivity contribution in [1.82, 2.24) is 4.98 Å². The third kappa shape index (κ3) is 3.47. The van der Waals surface area contributed by atoms with Crippen LogP contribution in [0, 0.1) is 10.1 Å². The maximum Gasteiger partial charge on any atom is 0.269 e. The van der Waals surface area contributed by atoms with E-state index in [1.165, 1.54) is 46.7 Å². The summed E-state index contributed by atoms with van der Waals surface area (Å²) in [5.74, 6) is 0.213. The van der Waals surface area contributed by atoms with Crippen molar-refractivity contribution in [3.8, 4) is 0 Å².